The van der Waals surface area contributed by atoms with E-state index in [9.17, 15) is 4.79 Å². The van der Waals surface area contributed by atoms with Crippen LogP contribution < -0.4 is 19.5 Å². The average Bonchev–Trinajstić information content (AvgIpc) is 2.55. The first kappa shape index (κ1) is 17.2. The van der Waals surface area contributed by atoms with Crippen LogP contribution in [0.5, 0.6) is 17.2 Å². The van der Waals surface area contributed by atoms with Crippen LogP contribution in [0.4, 0.5) is 5.69 Å². The molecule has 2 rings (SSSR count). The van der Waals surface area contributed by atoms with Gasteiger partial charge in [-0.15, -0.1) is 0 Å². The number of amides is 1. The molecule has 0 saturated heterocycles. The Morgan fingerprint density at radius 1 is 0.957 bits per heavy atom. The third kappa shape index (κ3) is 3.81. The first-order chi connectivity index (χ1) is 11.0. The van der Waals surface area contributed by atoms with E-state index in [1.54, 1.807) is 24.3 Å². The van der Waals surface area contributed by atoms with E-state index >= 15 is 0 Å². The van der Waals surface area contributed by atoms with Gasteiger partial charge >= 0.3 is 0 Å². The van der Waals surface area contributed by atoms with Crippen molar-refractivity contribution >= 4 is 34.8 Å². The predicted octanol–water partition coefficient (Wildman–Crippen LogP) is 4.27. The number of anilines is 1. The van der Waals surface area contributed by atoms with Gasteiger partial charge in [0.05, 0.1) is 31.9 Å². The van der Waals surface area contributed by atoms with Gasteiger partial charge in [0.1, 0.15) is 0 Å². The van der Waals surface area contributed by atoms with Crippen molar-refractivity contribution in [2.45, 2.75) is 0 Å². The second kappa shape index (κ2) is 7.44. The van der Waals surface area contributed by atoms with Gasteiger partial charge in [0.25, 0.3) is 5.91 Å². The lowest BCUT2D eigenvalue weighted by atomic mass is 10.2. The number of carbonyl (C=O) groups excluding carboxylic acids is 1. The number of methoxy groups -OCH3 is 3. The highest BCUT2D eigenvalue weighted by Crippen LogP contribution is 2.40. The molecule has 122 valence electrons. The van der Waals surface area contributed by atoms with Crippen LogP contribution in [0.15, 0.2) is 30.3 Å². The molecule has 23 heavy (non-hydrogen) atoms. The van der Waals surface area contributed by atoms with Gasteiger partial charge in [-0.25, -0.2) is 0 Å². The van der Waals surface area contributed by atoms with Gasteiger partial charge < -0.3 is 19.5 Å². The quantitative estimate of drug-likeness (QED) is 0.869. The summed E-state index contributed by atoms with van der Waals surface area (Å²) in [6, 6.07) is 7.92. The fraction of sp³-hybridized carbons (Fsp3) is 0.188. The normalized spacial score (nSPS) is 10.1. The number of halogens is 2. The Labute approximate surface area is 144 Å². The number of nitrogens with one attached hydrogen (secondary N) is 1. The summed E-state index contributed by atoms with van der Waals surface area (Å²) in [5, 5.41) is 3.46. The van der Waals surface area contributed by atoms with E-state index in [4.69, 9.17) is 37.4 Å². The van der Waals surface area contributed by atoms with Gasteiger partial charge in [-0.3, -0.25) is 4.79 Å². The molecular formula is C16H15Cl2NO4. The standard InChI is InChI=1S/C16H15Cl2NO4/c1-21-13-7-10(8-14(22-2)15(13)23-3)19-16(20)11-6-9(17)4-5-12(11)18/h4-8H,1-3H3,(H,19,20). The average molecular weight is 356 g/mol. The molecule has 7 heteroatoms. The first-order valence-corrected chi connectivity index (χ1v) is 7.32. The Kier molecular flexibility index (Phi) is 5.58. The smallest absolute Gasteiger partial charge is 0.257 e. The Hall–Kier alpha value is -2.11. The number of hydrogen-bond acceptors (Lipinski definition) is 4. The van der Waals surface area contributed by atoms with Gasteiger partial charge in [0.2, 0.25) is 5.75 Å². The minimum Gasteiger partial charge on any atom is -0.493 e. The van der Waals surface area contributed by atoms with Crippen molar-refractivity contribution in [3.8, 4) is 17.2 Å². The number of hydrogen-bond donors (Lipinski definition) is 1. The summed E-state index contributed by atoms with van der Waals surface area (Å²) in [7, 11) is 4.50. The number of ether oxygens (including phenoxy) is 3. The molecule has 0 aliphatic carbocycles. The summed E-state index contributed by atoms with van der Waals surface area (Å²) in [6.07, 6.45) is 0. The number of rotatable bonds is 5. The molecule has 0 spiro atoms. The summed E-state index contributed by atoms with van der Waals surface area (Å²) < 4.78 is 15.7. The van der Waals surface area contributed by atoms with Crippen molar-refractivity contribution in [3.05, 3.63) is 45.9 Å². The summed E-state index contributed by atoms with van der Waals surface area (Å²) in [6.45, 7) is 0. The van der Waals surface area contributed by atoms with E-state index in [0.717, 1.165) is 0 Å². The van der Waals surface area contributed by atoms with Crippen LogP contribution in [0.3, 0.4) is 0 Å². The van der Waals surface area contributed by atoms with Gasteiger partial charge in [-0.1, -0.05) is 23.2 Å². The Balaban J connectivity index is 2.36. The maximum absolute atomic E-state index is 12.4. The SMILES string of the molecule is COc1cc(NC(=O)c2cc(Cl)ccc2Cl)cc(OC)c1OC. The third-order valence-corrected chi connectivity index (χ3v) is 3.66. The minimum atomic E-state index is -0.397. The van der Waals surface area contributed by atoms with Crippen molar-refractivity contribution in [3.63, 3.8) is 0 Å². The fourth-order valence-corrected chi connectivity index (χ4v) is 2.40. The molecule has 0 radical (unpaired) electrons. The Bertz CT molecular complexity index is 709. The maximum Gasteiger partial charge on any atom is 0.257 e. The summed E-state index contributed by atoms with van der Waals surface area (Å²) >= 11 is 11.9. The highest BCUT2D eigenvalue weighted by molar-refractivity contribution is 6.36. The second-order valence-electron chi connectivity index (χ2n) is 4.49. The molecule has 0 saturated carbocycles. The molecule has 2 aromatic carbocycles. The van der Waals surface area contributed by atoms with Crippen molar-refractivity contribution in [2.75, 3.05) is 26.6 Å². The van der Waals surface area contributed by atoms with Crippen LogP contribution in [-0.4, -0.2) is 27.2 Å². The van der Waals surface area contributed by atoms with Gasteiger partial charge in [0.15, 0.2) is 11.5 Å². The van der Waals surface area contributed by atoms with E-state index in [-0.39, 0.29) is 5.56 Å². The third-order valence-electron chi connectivity index (χ3n) is 3.10. The van der Waals surface area contributed by atoms with Crippen molar-refractivity contribution in [2.24, 2.45) is 0 Å². The molecule has 1 amide bonds. The first-order valence-electron chi connectivity index (χ1n) is 6.56. The number of carbonyl (C=O) groups is 1. The summed E-state index contributed by atoms with van der Waals surface area (Å²) in [5.41, 5.74) is 0.744. The molecule has 2 aromatic rings. The molecule has 0 bridgehead atoms. The molecular weight excluding hydrogens is 341 g/mol. The fourth-order valence-electron chi connectivity index (χ4n) is 2.02. The molecule has 0 aliphatic rings. The molecule has 5 nitrogen and oxygen atoms in total. The monoisotopic (exact) mass is 355 g/mol. The van der Waals surface area contributed by atoms with Crippen LogP contribution in [0, 0.1) is 0 Å². The predicted molar refractivity (Wildman–Crippen MR) is 90.5 cm³/mol. The zero-order valence-corrected chi connectivity index (χ0v) is 14.3. The highest BCUT2D eigenvalue weighted by Gasteiger charge is 2.16. The van der Waals surface area contributed by atoms with Crippen LogP contribution in [0.25, 0.3) is 0 Å². The Morgan fingerprint density at radius 2 is 1.57 bits per heavy atom. The van der Waals surface area contributed by atoms with Crippen molar-refractivity contribution in [1.29, 1.82) is 0 Å². The summed E-state index contributed by atoms with van der Waals surface area (Å²) in [4.78, 5) is 12.4. The van der Waals surface area contributed by atoms with E-state index in [0.29, 0.717) is 33.0 Å². The van der Waals surface area contributed by atoms with E-state index in [1.807, 2.05) is 0 Å². The maximum atomic E-state index is 12.4. The Morgan fingerprint density at radius 3 is 2.09 bits per heavy atom. The van der Waals surface area contributed by atoms with Gasteiger partial charge in [0, 0.05) is 22.8 Å². The molecule has 0 unspecified atom stereocenters. The zero-order chi connectivity index (χ0) is 17.0. The molecule has 0 heterocycles. The topological polar surface area (TPSA) is 56.8 Å². The van der Waals surface area contributed by atoms with E-state index in [1.165, 1.54) is 27.4 Å². The zero-order valence-electron chi connectivity index (χ0n) is 12.8. The molecule has 0 atom stereocenters. The van der Waals surface area contributed by atoms with E-state index < -0.39 is 5.91 Å². The van der Waals surface area contributed by atoms with Gasteiger partial charge in [-0.05, 0) is 18.2 Å². The minimum absolute atomic E-state index is 0.271. The van der Waals surface area contributed by atoms with E-state index in [2.05, 4.69) is 5.32 Å². The lowest BCUT2D eigenvalue weighted by Gasteiger charge is -2.15. The largest absolute Gasteiger partial charge is 0.493 e. The van der Waals surface area contributed by atoms with Crippen molar-refractivity contribution < 1.29 is 19.0 Å². The number of benzene rings is 2. The molecule has 1 N–H and O–H groups in total. The molecule has 0 fully saturated rings. The molecule has 0 aromatic heterocycles. The highest BCUT2D eigenvalue weighted by atomic mass is 35.5. The van der Waals surface area contributed by atoms with Crippen LogP contribution >= 0.6 is 23.2 Å². The van der Waals surface area contributed by atoms with Crippen molar-refractivity contribution in [1.82, 2.24) is 0 Å². The lowest BCUT2D eigenvalue weighted by molar-refractivity contribution is 0.102. The second-order valence-corrected chi connectivity index (χ2v) is 5.34. The van der Waals surface area contributed by atoms with Crippen LogP contribution in [0.2, 0.25) is 10.0 Å². The van der Waals surface area contributed by atoms with Crippen LogP contribution in [0.1, 0.15) is 10.4 Å². The summed E-state index contributed by atoms with van der Waals surface area (Å²) in [5.74, 6) is 0.902. The van der Waals surface area contributed by atoms with Crippen LogP contribution in [-0.2, 0) is 0 Å². The lowest BCUT2D eigenvalue weighted by Crippen LogP contribution is -2.13. The van der Waals surface area contributed by atoms with Gasteiger partial charge in [-0.2, -0.15) is 0 Å². The molecule has 0 aliphatic heterocycles.